The average molecular weight is 365 g/mol. The van der Waals surface area contributed by atoms with E-state index in [1.807, 2.05) is 30.3 Å². The molecule has 27 heavy (non-hydrogen) atoms. The maximum Gasteiger partial charge on any atom is 0.257 e. The molecular formula is C23H27NO3. The Morgan fingerprint density at radius 2 is 1.74 bits per heavy atom. The van der Waals surface area contributed by atoms with Crippen LogP contribution in [-0.2, 0) is 21.4 Å². The summed E-state index contributed by atoms with van der Waals surface area (Å²) in [6, 6.07) is 18.0. The predicted molar refractivity (Wildman–Crippen MR) is 106 cm³/mol. The highest BCUT2D eigenvalue weighted by molar-refractivity contribution is 5.77. The number of carbonyl (C=O) groups is 2. The van der Waals surface area contributed by atoms with Crippen LogP contribution >= 0.6 is 0 Å². The van der Waals surface area contributed by atoms with E-state index in [1.54, 1.807) is 6.92 Å². The van der Waals surface area contributed by atoms with Crippen LogP contribution in [0.1, 0.15) is 43.7 Å². The van der Waals surface area contributed by atoms with Crippen molar-refractivity contribution in [2.45, 2.75) is 44.4 Å². The summed E-state index contributed by atoms with van der Waals surface area (Å²) in [7, 11) is 0. The predicted octanol–water partition coefficient (Wildman–Crippen LogP) is 3.83. The van der Waals surface area contributed by atoms with Crippen molar-refractivity contribution in [3.63, 3.8) is 0 Å². The minimum Gasteiger partial charge on any atom is -0.484 e. The summed E-state index contributed by atoms with van der Waals surface area (Å²) in [5, 5.41) is 3.04. The van der Waals surface area contributed by atoms with Crippen molar-refractivity contribution in [3.8, 4) is 5.75 Å². The van der Waals surface area contributed by atoms with Gasteiger partial charge in [-0.05, 0) is 49.4 Å². The normalized spacial score (nSPS) is 14.9. The average Bonchev–Trinajstić information content (AvgIpc) is 2.65. The third-order valence-corrected chi connectivity index (χ3v) is 5.38. The molecule has 4 heteroatoms. The summed E-state index contributed by atoms with van der Waals surface area (Å²) in [6.45, 7) is 2.27. The molecule has 2 aromatic rings. The zero-order valence-electron chi connectivity index (χ0n) is 15.9. The molecule has 0 radical (unpaired) electrons. The first-order chi connectivity index (χ1) is 13.1. The number of hydrogen-bond acceptors (Lipinski definition) is 3. The first kappa shape index (κ1) is 19.2. The van der Waals surface area contributed by atoms with E-state index in [9.17, 15) is 9.59 Å². The minimum atomic E-state index is -0.0992. The lowest BCUT2D eigenvalue weighted by Crippen LogP contribution is -2.46. The molecule has 1 amide bonds. The SMILES string of the molecule is CC(=O)CCc1ccc(OCC(=O)NCC2(c3ccccc3)CCC2)cc1. The lowest BCUT2D eigenvalue weighted by atomic mass is 9.64. The van der Waals surface area contributed by atoms with E-state index < -0.39 is 0 Å². The fourth-order valence-corrected chi connectivity index (χ4v) is 3.50. The Labute approximate surface area is 160 Å². The molecule has 2 aromatic carbocycles. The molecule has 0 heterocycles. The van der Waals surface area contributed by atoms with Gasteiger partial charge in [0.1, 0.15) is 11.5 Å². The Morgan fingerprint density at radius 3 is 2.33 bits per heavy atom. The fraction of sp³-hybridized carbons (Fsp3) is 0.391. The van der Waals surface area contributed by atoms with E-state index >= 15 is 0 Å². The third-order valence-electron chi connectivity index (χ3n) is 5.38. The Morgan fingerprint density at radius 1 is 1.04 bits per heavy atom. The van der Waals surface area contributed by atoms with Gasteiger partial charge in [-0.3, -0.25) is 4.79 Å². The highest BCUT2D eigenvalue weighted by Gasteiger charge is 2.38. The van der Waals surface area contributed by atoms with Gasteiger partial charge in [0.2, 0.25) is 0 Å². The molecule has 0 spiro atoms. The van der Waals surface area contributed by atoms with Gasteiger partial charge in [-0.25, -0.2) is 0 Å². The first-order valence-corrected chi connectivity index (χ1v) is 9.61. The van der Waals surface area contributed by atoms with Crippen LogP contribution in [0.3, 0.4) is 0 Å². The molecule has 3 rings (SSSR count). The van der Waals surface area contributed by atoms with Crippen LogP contribution in [0.25, 0.3) is 0 Å². The lowest BCUT2D eigenvalue weighted by Gasteiger charge is -2.42. The Balaban J connectivity index is 1.45. The first-order valence-electron chi connectivity index (χ1n) is 9.61. The monoisotopic (exact) mass is 365 g/mol. The molecule has 0 unspecified atom stereocenters. The molecule has 0 aliphatic heterocycles. The number of ketones is 1. The Kier molecular flexibility index (Phi) is 6.28. The summed E-state index contributed by atoms with van der Waals surface area (Å²) in [5.41, 5.74) is 2.48. The van der Waals surface area contributed by atoms with Crippen LogP contribution < -0.4 is 10.1 Å². The van der Waals surface area contributed by atoms with Crippen molar-refractivity contribution < 1.29 is 14.3 Å². The van der Waals surface area contributed by atoms with Gasteiger partial charge >= 0.3 is 0 Å². The van der Waals surface area contributed by atoms with Crippen LogP contribution in [0.2, 0.25) is 0 Å². The maximum absolute atomic E-state index is 12.2. The maximum atomic E-state index is 12.2. The third kappa shape index (κ3) is 5.19. The van der Waals surface area contributed by atoms with E-state index in [-0.39, 0.29) is 23.7 Å². The summed E-state index contributed by atoms with van der Waals surface area (Å²) in [6.07, 6.45) is 4.71. The number of aryl methyl sites for hydroxylation is 1. The van der Waals surface area contributed by atoms with Gasteiger partial charge in [-0.2, -0.15) is 0 Å². The molecule has 1 aliphatic carbocycles. The van der Waals surface area contributed by atoms with Gasteiger partial charge in [-0.1, -0.05) is 48.9 Å². The molecule has 0 saturated heterocycles. The molecule has 1 N–H and O–H groups in total. The minimum absolute atomic E-state index is 0.0116. The second kappa shape index (κ2) is 8.85. The fourth-order valence-electron chi connectivity index (χ4n) is 3.50. The molecule has 4 nitrogen and oxygen atoms in total. The van der Waals surface area contributed by atoms with E-state index in [1.165, 1.54) is 12.0 Å². The molecule has 0 aromatic heterocycles. The summed E-state index contributed by atoms with van der Waals surface area (Å²) < 4.78 is 5.59. The molecular weight excluding hydrogens is 338 g/mol. The van der Waals surface area contributed by atoms with E-state index in [2.05, 4.69) is 29.6 Å². The largest absolute Gasteiger partial charge is 0.484 e. The molecule has 1 aliphatic rings. The number of hydrogen-bond donors (Lipinski definition) is 1. The second-order valence-corrected chi connectivity index (χ2v) is 7.41. The summed E-state index contributed by atoms with van der Waals surface area (Å²) in [5.74, 6) is 0.753. The van der Waals surface area contributed by atoms with Gasteiger partial charge in [0.15, 0.2) is 6.61 Å². The van der Waals surface area contributed by atoms with Crippen molar-refractivity contribution >= 4 is 11.7 Å². The number of nitrogens with one attached hydrogen (secondary N) is 1. The van der Waals surface area contributed by atoms with Crippen molar-refractivity contribution in [2.75, 3.05) is 13.2 Å². The summed E-state index contributed by atoms with van der Waals surface area (Å²) >= 11 is 0. The molecule has 1 fully saturated rings. The van der Waals surface area contributed by atoms with Crippen molar-refractivity contribution in [1.82, 2.24) is 5.32 Å². The van der Waals surface area contributed by atoms with Crippen molar-refractivity contribution in [2.24, 2.45) is 0 Å². The quantitative estimate of drug-likeness (QED) is 0.735. The Hall–Kier alpha value is -2.62. The molecule has 142 valence electrons. The number of amides is 1. The van der Waals surface area contributed by atoms with Gasteiger partial charge in [0, 0.05) is 18.4 Å². The number of Topliss-reactive ketones (excluding diaryl/α,β-unsaturated/α-hetero) is 1. The molecule has 1 saturated carbocycles. The smallest absolute Gasteiger partial charge is 0.257 e. The lowest BCUT2D eigenvalue weighted by molar-refractivity contribution is -0.123. The standard InChI is InChI=1S/C23H27NO3/c1-18(25)8-9-19-10-12-21(13-11-19)27-16-22(26)24-17-23(14-5-15-23)20-6-3-2-4-7-20/h2-4,6-7,10-13H,5,8-9,14-17H2,1H3,(H,24,26). The van der Waals surface area contributed by atoms with Crippen LogP contribution in [-0.4, -0.2) is 24.8 Å². The number of rotatable bonds is 9. The zero-order chi connectivity index (χ0) is 19.1. The number of benzene rings is 2. The number of carbonyl (C=O) groups excluding carboxylic acids is 2. The van der Waals surface area contributed by atoms with Crippen LogP contribution in [0.15, 0.2) is 54.6 Å². The van der Waals surface area contributed by atoms with Crippen molar-refractivity contribution in [3.05, 3.63) is 65.7 Å². The van der Waals surface area contributed by atoms with E-state index in [0.29, 0.717) is 18.7 Å². The second-order valence-electron chi connectivity index (χ2n) is 7.41. The zero-order valence-corrected chi connectivity index (χ0v) is 15.9. The van der Waals surface area contributed by atoms with Crippen LogP contribution in [0.4, 0.5) is 0 Å². The highest BCUT2D eigenvalue weighted by atomic mass is 16.5. The van der Waals surface area contributed by atoms with E-state index in [0.717, 1.165) is 24.8 Å². The summed E-state index contributed by atoms with van der Waals surface area (Å²) in [4.78, 5) is 23.2. The molecule has 0 bridgehead atoms. The highest BCUT2D eigenvalue weighted by Crippen LogP contribution is 2.43. The molecule has 0 atom stereocenters. The number of ether oxygens (including phenoxy) is 1. The Bertz CT molecular complexity index is 764. The van der Waals surface area contributed by atoms with Crippen molar-refractivity contribution in [1.29, 1.82) is 0 Å². The van der Waals surface area contributed by atoms with Crippen LogP contribution in [0.5, 0.6) is 5.75 Å². The van der Waals surface area contributed by atoms with Gasteiger partial charge in [0.25, 0.3) is 5.91 Å². The van der Waals surface area contributed by atoms with Gasteiger partial charge in [0.05, 0.1) is 0 Å². The van der Waals surface area contributed by atoms with Crippen LogP contribution in [0, 0.1) is 0 Å². The topological polar surface area (TPSA) is 55.4 Å². The van der Waals surface area contributed by atoms with E-state index in [4.69, 9.17) is 4.74 Å². The van der Waals surface area contributed by atoms with Gasteiger partial charge < -0.3 is 14.8 Å². The van der Waals surface area contributed by atoms with Gasteiger partial charge in [-0.15, -0.1) is 0 Å².